The normalized spacial score (nSPS) is 11.3. The molecule has 3 N–H and O–H groups in total. The molecule has 2 aromatic carbocycles. The van der Waals surface area contributed by atoms with Gasteiger partial charge in [-0.1, -0.05) is 36.4 Å². The molecule has 0 radical (unpaired) electrons. The van der Waals surface area contributed by atoms with E-state index in [1.54, 1.807) is 0 Å². The Bertz CT molecular complexity index is 729. The second-order valence-corrected chi connectivity index (χ2v) is 6.02. The van der Waals surface area contributed by atoms with E-state index >= 15 is 0 Å². The van der Waals surface area contributed by atoms with Gasteiger partial charge in [-0.2, -0.15) is 0 Å². The van der Waals surface area contributed by atoms with Crippen molar-refractivity contribution in [2.45, 2.75) is 40.5 Å². The molecule has 5 nitrogen and oxygen atoms in total. The number of rotatable bonds is 8. The second-order valence-electron chi connectivity index (χ2n) is 6.02. The molecule has 0 amide bonds. The van der Waals surface area contributed by atoms with Crippen LogP contribution in [-0.2, 0) is 19.7 Å². The first-order chi connectivity index (χ1) is 12.7. The lowest BCUT2D eigenvalue weighted by molar-refractivity contribution is 0.280. The van der Waals surface area contributed by atoms with E-state index in [2.05, 4.69) is 34.7 Å². The van der Waals surface area contributed by atoms with Crippen molar-refractivity contribution in [3.63, 3.8) is 0 Å². The average molecular weight is 355 g/mol. The molecule has 0 heterocycles. The van der Waals surface area contributed by atoms with Crippen LogP contribution in [0.15, 0.2) is 47.5 Å². The molecule has 0 aromatic heterocycles. The highest BCUT2D eigenvalue weighted by atomic mass is 16.5. The zero-order chi connectivity index (χ0) is 18.8. The molecular formula is C21H29N3O2. The van der Waals surface area contributed by atoms with E-state index in [0.29, 0.717) is 19.7 Å². The Morgan fingerprint density at radius 1 is 1.04 bits per heavy atom. The van der Waals surface area contributed by atoms with E-state index in [0.717, 1.165) is 34.9 Å². The molecule has 0 atom stereocenters. The van der Waals surface area contributed by atoms with Crippen LogP contribution in [0.2, 0.25) is 0 Å². The summed E-state index contributed by atoms with van der Waals surface area (Å²) in [6, 6.07) is 14.0. The van der Waals surface area contributed by atoms with Gasteiger partial charge >= 0.3 is 0 Å². The smallest absolute Gasteiger partial charge is 0.191 e. The maximum atomic E-state index is 9.45. The zero-order valence-electron chi connectivity index (χ0n) is 15.9. The molecule has 0 aliphatic heterocycles. The Balaban J connectivity index is 2.09. The van der Waals surface area contributed by atoms with Crippen molar-refractivity contribution in [3.05, 3.63) is 64.7 Å². The van der Waals surface area contributed by atoms with Crippen molar-refractivity contribution in [1.29, 1.82) is 0 Å². The van der Waals surface area contributed by atoms with Gasteiger partial charge in [0.2, 0.25) is 0 Å². The highest BCUT2D eigenvalue weighted by molar-refractivity contribution is 5.79. The third-order valence-electron chi connectivity index (χ3n) is 4.01. The Morgan fingerprint density at radius 3 is 2.50 bits per heavy atom. The van der Waals surface area contributed by atoms with Crippen LogP contribution in [0.3, 0.4) is 0 Å². The zero-order valence-corrected chi connectivity index (χ0v) is 15.9. The van der Waals surface area contributed by atoms with Crippen LogP contribution in [0.25, 0.3) is 0 Å². The number of guanidine groups is 1. The second kappa shape index (κ2) is 10.5. The lowest BCUT2D eigenvalue weighted by Crippen LogP contribution is -2.37. The molecule has 0 saturated carbocycles. The maximum Gasteiger partial charge on any atom is 0.191 e. The van der Waals surface area contributed by atoms with Crippen LogP contribution in [0.1, 0.15) is 36.1 Å². The minimum absolute atomic E-state index is 0.0343. The maximum absolute atomic E-state index is 9.45. The van der Waals surface area contributed by atoms with Crippen molar-refractivity contribution >= 4 is 5.96 Å². The Labute approximate surface area is 156 Å². The molecule has 0 bridgehead atoms. The molecular weight excluding hydrogens is 326 g/mol. The predicted molar refractivity (Wildman–Crippen MR) is 106 cm³/mol. The summed E-state index contributed by atoms with van der Waals surface area (Å²) in [4.78, 5) is 4.68. The number of ether oxygens (including phenoxy) is 1. The first-order valence-electron chi connectivity index (χ1n) is 9.10. The van der Waals surface area contributed by atoms with Gasteiger partial charge in [0.25, 0.3) is 0 Å². The van der Waals surface area contributed by atoms with E-state index in [4.69, 9.17) is 4.74 Å². The average Bonchev–Trinajstić information content (AvgIpc) is 2.65. The fourth-order valence-electron chi connectivity index (χ4n) is 2.65. The summed E-state index contributed by atoms with van der Waals surface area (Å²) in [5.41, 5.74) is 4.22. The van der Waals surface area contributed by atoms with E-state index in [-0.39, 0.29) is 6.61 Å². The Kier molecular flexibility index (Phi) is 7.96. The van der Waals surface area contributed by atoms with Gasteiger partial charge in [0.05, 0.1) is 19.8 Å². The SMILES string of the molecule is CCNC(=NCc1ccc(C)cc1OCC)NCc1ccccc1CO. The topological polar surface area (TPSA) is 65.9 Å². The van der Waals surface area contributed by atoms with Gasteiger partial charge in [-0.25, -0.2) is 4.99 Å². The van der Waals surface area contributed by atoms with Gasteiger partial charge in [0, 0.05) is 18.7 Å². The van der Waals surface area contributed by atoms with Crippen LogP contribution < -0.4 is 15.4 Å². The Hall–Kier alpha value is -2.53. The molecule has 26 heavy (non-hydrogen) atoms. The summed E-state index contributed by atoms with van der Waals surface area (Å²) >= 11 is 0. The molecule has 0 fully saturated rings. The van der Waals surface area contributed by atoms with Crippen molar-refractivity contribution in [1.82, 2.24) is 10.6 Å². The number of aryl methyl sites for hydroxylation is 1. The van der Waals surface area contributed by atoms with Gasteiger partial charge < -0.3 is 20.5 Å². The van der Waals surface area contributed by atoms with E-state index in [1.807, 2.05) is 44.2 Å². The Morgan fingerprint density at radius 2 is 1.81 bits per heavy atom. The van der Waals surface area contributed by atoms with E-state index < -0.39 is 0 Å². The van der Waals surface area contributed by atoms with Gasteiger partial charge in [-0.3, -0.25) is 0 Å². The molecule has 5 heteroatoms. The lowest BCUT2D eigenvalue weighted by Gasteiger charge is -2.14. The van der Waals surface area contributed by atoms with Crippen molar-refractivity contribution < 1.29 is 9.84 Å². The number of aliphatic hydroxyl groups is 1. The lowest BCUT2D eigenvalue weighted by atomic mass is 10.1. The summed E-state index contributed by atoms with van der Waals surface area (Å²) < 4.78 is 5.73. The minimum Gasteiger partial charge on any atom is -0.494 e. The highest BCUT2D eigenvalue weighted by Gasteiger charge is 2.06. The van der Waals surface area contributed by atoms with Crippen molar-refractivity contribution in [3.8, 4) is 5.75 Å². The van der Waals surface area contributed by atoms with Crippen LogP contribution >= 0.6 is 0 Å². The van der Waals surface area contributed by atoms with E-state index in [1.165, 1.54) is 5.56 Å². The number of hydrogen-bond acceptors (Lipinski definition) is 3. The van der Waals surface area contributed by atoms with Crippen LogP contribution in [0.4, 0.5) is 0 Å². The quantitative estimate of drug-likeness (QED) is 0.503. The molecule has 0 spiro atoms. The number of benzene rings is 2. The number of nitrogens with zero attached hydrogens (tertiary/aromatic N) is 1. The summed E-state index contributed by atoms with van der Waals surface area (Å²) in [6.45, 7) is 8.67. The van der Waals surface area contributed by atoms with Gasteiger partial charge in [0.15, 0.2) is 5.96 Å². The predicted octanol–water partition coefficient (Wildman–Crippen LogP) is 3.14. The third-order valence-corrected chi connectivity index (χ3v) is 4.01. The standard InChI is InChI=1S/C21H29N3O2/c1-4-22-21(23-13-17-8-6-7-9-19(17)15-25)24-14-18-11-10-16(3)12-20(18)26-5-2/h6-12,25H,4-5,13-15H2,1-3H3,(H2,22,23,24). The molecule has 0 aliphatic rings. The summed E-state index contributed by atoms with van der Waals surface area (Å²) in [5, 5.41) is 16.0. The van der Waals surface area contributed by atoms with Crippen LogP contribution in [0.5, 0.6) is 5.75 Å². The monoisotopic (exact) mass is 355 g/mol. The van der Waals surface area contributed by atoms with Crippen LogP contribution in [-0.4, -0.2) is 24.2 Å². The molecule has 0 unspecified atom stereocenters. The number of aliphatic hydroxyl groups excluding tert-OH is 1. The fourth-order valence-corrected chi connectivity index (χ4v) is 2.65. The van der Waals surface area contributed by atoms with Gasteiger partial charge in [0.1, 0.15) is 5.75 Å². The van der Waals surface area contributed by atoms with Gasteiger partial charge in [-0.15, -0.1) is 0 Å². The number of nitrogens with one attached hydrogen (secondary N) is 2. The first kappa shape index (κ1) is 19.8. The summed E-state index contributed by atoms with van der Waals surface area (Å²) in [7, 11) is 0. The molecule has 2 aromatic rings. The molecule has 140 valence electrons. The highest BCUT2D eigenvalue weighted by Crippen LogP contribution is 2.21. The summed E-state index contributed by atoms with van der Waals surface area (Å²) in [6.07, 6.45) is 0. The minimum atomic E-state index is 0.0343. The third kappa shape index (κ3) is 5.77. The van der Waals surface area contributed by atoms with Crippen molar-refractivity contribution in [2.24, 2.45) is 4.99 Å². The fraction of sp³-hybridized carbons (Fsp3) is 0.381. The summed E-state index contributed by atoms with van der Waals surface area (Å²) in [5.74, 6) is 1.63. The number of aliphatic imine (C=N–C) groups is 1. The number of hydrogen-bond donors (Lipinski definition) is 3. The molecule has 0 aliphatic carbocycles. The van der Waals surface area contributed by atoms with Crippen LogP contribution in [0, 0.1) is 6.92 Å². The van der Waals surface area contributed by atoms with Crippen molar-refractivity contribution in [2.75, 3.05) is 13.2 Å². The van der Waals surface area contributed by atoms with Gasteiger partial charge in [-0.05, 0) is 43.5 Å². The molecule has 2 rings (SSSR count). The molecule has 0 saturated heterocycles. The first-order valence-corrected chi connectivity index (χ1v) is 9.10. The van der Waals surface area contributed by atoms with E-state index in [9.17, 15) is 5.11 Å². The largest absolute Gasteiger partial charge is 0.494 e.